The molecule has 4 atom stereocenters. The van der Waals surface area contributed by atoms with E-state index < -0.39 is 64.0 Å². The Bertz CT molecular complexity index is 1620. The van der Waals surface area contributed by atoms with Crippen molar-refractivity contribution in [3.63, 3.8) is 0 Å². The monoisotopic (exact) mass is 666 g/mol. The zero-order valence-electron chi connectivity index (χ0n) is 26.1. The number of aryl methyl sites for hydroxylation is 1. The van der Waals surface area contributed by atoms with Crippen LogP contribution in [0, 0.1) is 23.7 Å². The van der Waals surface area contributed by atoms with Crippen LogP contribution in [0.15, 0.2) is 23.1 Å². The fourth-order valence-electron chi connectivity index (χ4n) is 6.54. The summed E-state index contributed by atoms with van der Waals surface area (Å²) in [5.41, 5.74) is -1.17. The topological polar surface area (TPSA) is 168 Å². The second kappa shape index (κ2) is 13.0. The van der Waals surface area contributed by atoms with Gasteiger partial charge in [-0.05, 0) is 61.5 Å². The molecule has 2 saturated carbocycles. The standard InChI is InChI=1S/C30H37F3N6O6S/c1-15-22(46-27(35-15)30(31,32)33)25(44)36-17(8-9-19(40)24(43)34-5)23(42)37-18-7-6-12-39(26(18)45)14-21(41)38-20-13-16-10-11-29(20,4)28(16,2)3/h6-7,12,16-17,20H,8-11,13-14H2,1-5H3,(H,34,43)(H,36,44)(H,37,42)(H,38,41)/t16-,17+,20+,29+/m1/s1. The predicted octanol–water partition coefficient (Wildman–Crippen LogP) is 2.80. The van der Waals surface area contributed by atoms with Crippen molar-refractivity contribution in [2.24, 2.45) is 16.7 Å². The van der Waals surface area contributed by atoms with Crippen molar-refractivity contribution in [2.45, 2.75) is 84.6 Å². The van der Waals surface area contributed by atoms with Gasteiger partial charge in [-0.3, -0.25) is 28.8 Å². The van der Waals surface area contributed by atoms with Gasteiger partial charge in [-0.25, -0.2) is 4.98 Å². The van der Waals surface area contributed by atoms with E-state index in [0.29, 0.717) is 5.92 Å². The summed E-state index contributed by atoms with van der Waals surface area (Å²) in [6, 6.07) is 1.15. The minimum atomic E-state index is -4.79. The van der Waals surface area contributed by atoms with Crippen LogP contribution in [0.5, 0.6) is 0 Å². The quantitative estimate of drug-likeness (QED) is 0.268. The Morgan fingerprint density at radius 3 is 2.43 bits per heavy atom. The van der Waals surface area contributed by atoms with Crippen LogP contribution in [-0.2, 0) is 31.9 Å². The van der Waals surface area contributed by atoms with E-state index in [4.69, 9.17) is 0 Å². The van der Waals surface area contributed by atoms with Gasteiger partial charge in [-0.1, -0.05) is 20.8 Å². The minimum absolute atomic E-state index is 0.0383. The average Bonchev–Trinajstić information content (AvgIpc) is 3.54. The number of nitrogens with one attached hydrogen (secondary N) is 4. The van der Waals surface area contributed by atoms with E-state index in [1.165, 1.54) is 32.3 Å². The van der Waals surface area contributed by atoms with Crippen molar-refractivity contribution in [1.82, 2.24) is 25.5 Å². The summed E-state index contributed by atoms with van der Waals surface area (Å²) in [5.74, 6) is -3.73. The van der Waals surface area contributed by atoms with Gasteiger partial charge >= 0.3 is 6.18 Å². The fraction of sp³-hybridized carbons (Fsp3) is 0.567. The van der Waals surface area contributed by atoms with E-state index in [1.807, 2.05) is 0 Å². The van der Waals surface area contributed by atoms with Crippen molar-refractivity contribution in [3.8, 4) is 0 Å². The van der Waals surface area contributed by atoms with Crippen LogP contribution in [-0.4, -0.2) is 58.1 Å². The molecule has 0 radical (unpaired) electrons. The van der Waals surface area contributed by atoms with E-state index in [9.17, 15) is 41.9 Å². The van der Waals surface area contributed by atoms with E-state index in [1.54, 1.807) is 0 Å². The summed E-state index contributed by atoms with van der Waals surface area (Å²) in [6.45, 7) is 7.50. The maximum atomic E-state index is 13.3. The second-order valence-electron chi connectivity index (χ2n) is 12.6. The third-order valence-corrected chi connectivity index (χ3v) is 10.9. The smallest absolute Gasteiger partial charge is 0.353 e. The van der Waals surface area contributed by atoms with Gasteiger partial charge in [0.25, 0.3) is 17.4 Å². The summed E-state index contributed by atoms with van der Waals surface area (Å²) < 4.78 is 40.6. The number of anilines is 1. The van der Waals surface area contributed by atoms with Crippen LogP contribution >= 0.6 is 11.3 Å². The Kier molecular flexibility index (Phi) is 9.80. The molecule has 46 heavy (non-hydrogen) atoms. The van der Waals surface area contributed by atoms with Gasteiger partial charge in [0, 0.05) is 25.7 Å². The SMILES string of the molecule is CNC(=O)C(=O)CC[C@H](NC(=O)c1sc(C(F)(F)F)nc1C)C(=O)Nc1cccn(CC(=O)N[C@H]2C[C@H]3CC[C@]2(C)C3(C)C)c1=O. The maximum Gasteiger partial charge on any atom is 0.443 e. The Morgan fingerprint density at radius 1 is 1.17 bits per heavy atom. The molecule has 0 spiro atoms. The highest BCUT2D eigenvalue weighted by molar-refractivity contribution is 7.13. The molecule has 16 heteroatoms. The Morgan fingerprint density at radius 2 is 1.87 bits per heavy atom. The largest absolute Gasteiger partial charge is 0.443 e. The Hall–Kier alpha value is -4.08. The number of hydrogen-bond acceptors (Lipinski definition) is 8. The minimum Gasteiger partial charge on any atom is -0.353 e. The molecule has 0 saturated heterocycles. The lowest BCUT2D eigenvalue weighted by molar-refractivity contribution is -0.137. The lowest BCUT2D eigenvalue weighted by atomic mass is 9.69. The lowest BCUT2D eigenvalue weighted by Crippen LogP contribution is -2.48. The van der Waals surface area contributed by atoms with Gasteiger partial charge in [0.05, 0.1) is 5.69 Å². The van der Waals surface area contributed by atoms with E-state index in [-0.39, 0.29) is 52.0 Å². The molecule has 2 bridgehead atoms. The Balaban J connectivity index is 1.48. The molecule has 250 valence electrons. The number of hydrogen-bond donors (Lipinski definition) is 4. The van der Waals surface area contributed by atoms with E-state index in [0.717, 1.165) is 23.8 Å². The average molecular weight is 667 g/mol. The molecule has 2 aromatic heterocycles. The number of fused-ring (bicyclic) bond motifs is 2. The molecule has 0 aliphatic heterocycles. The molecule has 2 aliphatic rings. The number of alkyl halides is 3. The molecular weight excluding hydrogens is 629 g/mol. The van der Waals surface area contributed by atoms with Crippen LogP contribution in [0.4, 0.5) is 18.9 Å². The summed E-state index contributed by atoms with van der Waals surface area (Å²) in [5, 5.41) is 8.66. The van der Waals surface area contributed by atoms with Crippen LogP contribution in [0.25, 0.3) is 0 Å². The van der Waals surface area contributed by atoms with Gasteiger partial charge in [0.1, 0.15) is 23.2 Å². The number of carbonyl (C=O) groups is 5. The number of thiazole rings is 1. The number of likely N-dealkylation sites (N-methyl/N-ethyl adjacent to an activating group) is 1. The molecule has 4 N–H and O–H groups in total. The van der Waals surface area contributed by atoms with Crippen molar-refractivity contribution in [2.75, 3.05) is 12.4 Å². The highest BCUT2D eigenvalue weighted by Crippen LogP contribution is 2.65. The molecule has 4 amide bonds. The van der Waals surface area contributed by atoms with Gasteiger partial charge in [0.15, 0.2) is 5.01 Å². The predicted molar refractivity (Wildman–Crippen MR) is 162 cm³/mol. The van der Waals surface area contributed by atoms with Crippen molar-refractivity contribution in [1.29, 1.82) is 0 Å². The lowest BCUT2D eigenvalue weighted by Gasteiger charge is -2.39. The summed E-state index contributed by atoms with van der Waals surface area (Å²) >= 11 is 0.0876. The van der Waals surface area contributed by atoms with Crippen molar-refractivity contribution >= 4 is 46.4 Å². The van der Waals surface area contributed by atoms with Crippen LogP contribution in [0.1, 0.15) is 73.2 Å². The first-order valence-electron chi connectivity index (χ1n) is 14.8. The van der Waals surface area contributed by atoms with Crippen LogP contribution < -0.4 is 26.8 Å². The van der Waals surface area contributed by atoms with E-state index >= 15 is 0 Å². The fourth-order valence-corrected chi connectivity index (χ4v) is 7.38. The molecular formula is C30H37F3N6O6S. The number of amides is 4. The molecule has 0 aromatic carbocycles. The third kappa shape index (κ3) is 6.86. The Labute approximate surface area is 266 Å². The number of halogens is 3. The molecule has 2 heterocycles. The van der Waals surface area contributed by atoms with Gasteiger partial charge < -0.3 is 25.8 Å². The number of nitrogens with zero attached hydrogens (tertiary/aromatic N) is 2. The highest BCUT2D eigenvalue weighted by Gasteiger charge is 2.61. The first-order chi connectivity index (χ1) is 21.4. The first-order valence-corrected chi connectivity index (χ1v) is 15.6. The van der Waals surface area contributed by atoms with Crippen molar-refractivity contribution in [3.05, 3.63) is 44.3 Å². The molecule has 2 aromatic rings. The highest BCUT2D eigenvalue weighted by atomic mass is 32.1. The summed E-state index contributed by atoms with van der Waals surface area (Å²) in [4.78, 5) is 79.3. The molecule has 0 unspecified atom stereocenters. The number of ketones is 1. The molecule has 2 fully saturated rings. The normalized spacial score (nSPS) is 22.2. The van der Waals surface area contributed by atoms with Crippen LogP contribution in [0.3, 0.4) is 0 Å². The number of rotatable bonds is 11. The maximum absolute atomic E-state index is 13.3. The first kappa shape index (κ1) is 34.8. The molecule has 12 nitrogen and oxygen atoms in total. The third-order valence-electron chi connectivity index (χ3n) is 9.73. The van der Waals surface area contributed by atoms with E-state index in [2.05, 4.69) is 47.0 Å². The molecule has 2 aliphatic carbocycles. The number of Topliss-reactive ketones (excluding diaryl/α,β-unsaturated/α-hetero) is 1. The van der Waals surface area contributed by atoms with Gasteiger partial charge in [-0.15, -0.1) is 11.3 Å². The summed E-state index contributed by atoms with van der Waals surface area (Å²) in [6.07, 6.45) is -1.35. The second-order valence-corrected chi connectivity index (χ2v) is 13.6. The zero-order valence-corrected chi connectivity index (χ0v) is 26.9. The van der Waals surface area contributed by atoms with Crippen molar-refractivity contribution < 1.29 is 37.1 Å². The zero-order chi connectivity index (χ0) is 34.2. The van der Waals surface area contributed by atoms with Crippen LogP contribution in [0.2, 0.25) is 0 Å². The molecule has 4 rings (SSSR count). The summed E-state index contributed by atoms with van der Waals surface area (Å²) in [7, 11) is 1.23. The number of aromatic nitrogens is 2. The van der Waals surface area contributed by atoms with Gasteiger partial charge in [-0.2, -0.15) is 13.2 Å². The van der Waals surface area contributed by atoms with Gasteiger partial charge in [0.2, 0.25) is 17.6 Å². The number of pyridine rings is 1. The number of carbonyl (C=O) groups excluding carboxylic acids is 5.